The first-order chi connectivity index (χ1) is 10.7. The van der Waals surface area contributed by atoms with Gasteiger partial charge in [-0.2, -0.15) is 0 Å². The summed E-state index contributed by atoms with van der Waals surface area (Å²) in [6, 6.07) is 0.284. The van der Waals surface area contributed by atoms with Crippen LogP contribution in [0.1, 0.15) is 36.9 Å². The van der Waals surface area contributed by atoms with Gasteiger partial charge in [-0.25, -0.2) is 9.78 Å². The molecule has 0 radical (unpaired) electrons. The molecule has 1 aromatic rings. The lowest BCUT2D eigenvalue weighted by atomic mass is 10.1. The third-order valence-corrected chi connectivity index (χ3v) is 5.15. The second-order valence-corrected chi connectivity index (χ2v) is 6.94. The molecule has 2 aliphatic rings. The van der Waals surface area contributed by atoms with E-state index >= 15 is 0 Å². The molecule has 1 aromatic heterocycles. The Labute approximate surface area is 134 Å². The number of amides is 3. The number of aromatic nitrogens is 1. The van der Waals surface area contributed by atoms with Gasteiger partial charge < -0.3 is 15.5 Å². The molecule has 0 spiro atoms. The number of thiazole rings is 1. The molecule has 1 atom stereocenters. The van der Waals surface area contributed by atoms with Crippen LogP contribution in [0.15, 0.2) is 5.38 Å². The van der Waals surface area contributed by atoms with Crippen LogP contribution in [-0.2, 0) is 17.8 Å². The molecule has 3 rings (SSSR count). The van der Waals surface area contributed by atoms with E-state index < -0.39 is 0 Å². The summed E-state index contributed by atoms with van der Waals surface area (Å²) in [7, 11) is 0. The standard InChI is InChI=1S/C15H22N4O2S/c1-2-13-18-11(9-22-13)7-17-15(21)16-6-10-5-14(20)19(8-10)12-3-4-12/h9-10,12H,2-8H2,1H3,(H2,16,17,21)/t10-/m0/s1. The van der Waals surface area contributed by atoms with E-state index in [1.807, 2.05) is 10.3 Å². The van der Waals surface area contributed by atoms with Crippen molar-refractivity contribution in [3.05, 3.63) is 16.1 Å². The molecule has 3 amide bonds. The lowest BCUT2D eigenvalue weighted by Gasteiger charge is -2.15. The Morgan fingerprint density at radius 1 is 1.45 bits per heavy atom. The van der Waals surface area contributed by atoms with Crippen LogP contribution >= 0.6 is 11.3 Å². The highest BCUT2D eigenvalue weighted by Crippen LogP contribution is 2.32. The van der Waals surface area contributed by atoms with Gasteiger partial charge in [0.25, 0.3) is 0 Å². The van der Waals surface area contributed by atoms with Crippen molar-refractivity contribution >= 4 is 23.3 Å². The minimum Gasteiger partial charge on any atom is -0.339 e. The van der Waals surface area contributed by atoms with Crippen LogP contribution in [0, 0.1) is 5.92 Å². The van der Waals surface area contributed by atoms with Crippen LogP contribution < -0.4 is 10.6 Å². The van der Waals surface area contributed by atoms with E-state index in [4.69, 9.17) is 0 Å². The van der Waals surface area contributed by atoms with Gasteiger partial charge in [-0.15, -0.1) is 11.3 Å². The van der Waals surface area contributed by atoms with Crippen molar-refractivity contribution in [3.8, 4) is 0 Å². The largest absolute Gasteiger partial charge is 0.339 e. The molecule has 2 heterocycles. The lowest BCUT2D eigenvalue weighted by molar-refractivity contribution is -0.128. The maximum absolute atomic E-state index is 11.8. The molecule has 0 unspecified atom stereocenters. The van der Waals surface area contributed by atoms with Crippen molar-refractivity contribution in [2.75, 3.05) is 13.1 Å². The molecule has 1 saturated carbocycles. The molecular weight excluding hydrogens is 300 g/mol. The van der Waals surface area contributed by atoms with E-state index in [9.17, 15) is 9.59 Å². The minimum absolute atomic E-state index is 0.191. The van der Waals surface area contributed by atoms with Crippen molar-refractivity contribution < 1.29 is 9.59 Å². The lowest BCUT2D eigenvalue weighted by Crippen LogP contribution is -2.38. The molecule has 120 valence electrons. The predicted octanol–water partition coefficient (Wildman–Crippen LogP) is 1.52. The fraction of sp³-hybridized carbons (Fsp3) is 0.667. The van der Waals surface area contributed by atoms with E-state index in [2.05, 4.69) is 22.5 Å². The van der Waals surface area contributed by atoms with Gasteiger partial charge in [-0.05, 0) is 19.3 Å². The summed E-state index contributed by atoms with van der Waals surface area (Å²) in [5, 5.41) is 8.74. The van der Waals surface area contributed by atoms with Crippen molar-refractivity contribution in [2.45, 2.75) is 45.2 Å². The summed E-state index contributed by atoms with van der Waals surface area (Å²) < 4.78 is 0. The van der Waals surface area contributed by atoms with Crippen molar-refractivity contribution in [1.29, 1.82) is 0 Å². The Balaban J connectivity index is 1.36. The summed E-state index contributed by atoms with van der Waals surface area (Å²) in [6.45, 7) is 3.85. The number of nitrogens with one attached hydrogen (secondary N) is 2. The molecule has 2 fully saturated rings. The first-order valence-electron chi connectivity index (χ1n) is 7.90. The SMILES string of the molecule is CCc1nc(CNC(=O)NC[C@@H]2CC(=O)N(C3CC3)C2)cs1. The second-order valence-electron chi connectivity index (χ2n) is 6.00. The zero-order valence-electron chi connectivity index (χ0n) is 12.8. The average molecular weight is 322 g/mol. The van der Waals surface area contributed by atoms with Crippen LogP contribution in [0.2, 0.25) is 0 Å². The van der Waals surface area contributed by atoms with Gasteiger partial charge in [-0.1, -0.05) is 6.92 Å². The third-order valence-electron chi connectivity index (χ3n) is 4.11. The Hall–Kier alpha value is -1.63. The molecule has 0 bridgehead atoms. The van der Waals surface area contributed by atoms with Gasteiger partial charge in [-0.3, -0.25) is 4.79 Å². The van der Waals surface area contributed by atoms with Gasteiger partial charge in [0.1, 0.15) is 0 Å². The quantitative estimate of drug-likeness (QED) is 0.834. The van der Waals surface area contributed by atoms with Crippen LogP contribution in [0.4, 0.5) is 4.79 Å². The fourth-order valence-corrected chi connectivity index (χ4v) is 3.49. The number of hydrogen-bond donors (Lipinski definition) is 2. The highest BCUT2D eigenvalue weighted by Gasteiger charge is 2.39. The highest BCUT2D eigenvalue weighted by molar-refractivity contribution is 7.09. The first kappa shape index (κ1) is 15.3. The van der Waals surface area contributed by atoms with Crippen LogP contribution in [0.3, 0.4) is 0 Å². The molecule has 22 heavy (non-hydrogen) atoms. The minimum atomic E-state index is -0.191. The number of hydrogen-bond acceptors (Lipinski definition) is 4. The molecule has 2 N–H and O–H groups in total. The summed E-state index contributed by atoms with van der Waals surface area (Å²) >= 11 is 1.62. The van der Waals surface area contributed by atoms with Crippen LogP contribution in [-0.4, -0.2) is 41.0 Å². The van der Waals surface area contributed by atoms with E-state index in [0.29, 0.717) is 25.6 Å². The van der Waals surface area contributed by atoms with Crippen molar-refractivity contribution in [2.24, 2.45) is 5.92 Å². The smallest absolute Gasteiger partial charge is 0.315 e. The number of aryl methyl sites for hydroxylation is 1. The Kier molecular flexibility index (Phi) is 4.61. The fourth-order valence-electron chi connectivity index (χ4n) is 2.75. The van der Waals surface area contributed by atoms with Gasteiger partial charge in [0.15, 0.2) is 0 Å². The molecule has 1 aliphatic heterocycles. The number of carbonyl (C=O) groups excluding carboxylic acids is 2. The van der Waals surface area contributed by atoms with E-state index in [0.717, 1.165) is 36.5 Å². The van der Waals surface area contributed by atoms with Gasteiger partial charge in [0.2, 0.25) is 5.91 Å². The number of likely N-dealkylation sites (tertiary alicyclic amines) is 1. The Morgan fingerprint density at radius 2 is 2.27 bits per heavy atom. The molecule has 6 nitrogen and oxygen atoms in total. The zero-order valence-corrected chi connectivity index (χ0v) is 13.6. The first-order valence-corrected chi connectivity index (χ1v) is 8.78. The molecule has 1 saturated heterocycles. The number of rotatable bonds is 6. The monoisotopic (exact) mass is 322 g/mol. The van der Waals surface area contributed by atoms with Crippen LogP contribution in [0.25, 0.3) is 0 Å². The van der Waals surface area contributed by atoms with E-state index in [-0.39, 0.29) is 17.9 Å². The Morgan fingerprint density at radius 3 is 2.95 bits per heavy atom. The van der Waals surface area contributed by atoms with E-state index in [1.54, 1.807) is 11.3 Å². The predicted molar refractivity (Wildman–Crippen MR) is 84.6 cm³/mol. The Bertz CT molecular complexity index is 555. The molecule has 7 heteroatoms. The topological polar surface area (TPSA) is 74.3 Å². The maximum Gasteiger partial charge on any atom is 0.315 e. The number of urea groups is 1. The summed E-state index contributed by atoms with van der Waals surface area (Å²) in [6.07, 6.45) is 3.76. The molecular formula is C15H22N4O2S. The maximum atomic E-state index is 11.8. The summed E-state index contributed by atoms with van der Waals surface area (Å²) in [5.74, 6) is 0.481. The normalized spacial score (nSPS) is 21.2. The zero-order chi connectivity index (χ0) is 15.5. The second kappa shape index (κ2) is 6.64. The van der Waals surface area contributed by atoms with Crippen molar-refractivity contribution in [1.82, 2.24) is 20.5 Å². The van der Waals surface area contributed by atoms with E-state index in [1.165, 1.54) is 0 Å². The van der Waals surface area contributed by atoms with Crippen LogP contribution in [0.5, 0.6) is 0 Å². The van der Waals surface area contributed by atoms with Gasteiger partial charge in [0, 0.05) is 36.9 Å². The summed E-state index contributed by atoms with van der Waals surface area (Å²) in [4.78, 5) is 30.0. The molecule has 0 aromatic carbocycles. The van der Waals surface area contributed by atoms with Crippen molar-refractivity contribution in [3.63, 3.8) is 0 Å². The van der Waals surface area contributed by atoms with Gasteiger partial charge in [0.05, 0.1) is 17.2 Å². The third kappa shape index (κ3) is 3.76. The summed E-state index contributed by atoms with van der Waals surface area (Å²) in [5.41, 5.74) is 0.896. The number of carbonyl (C=O) groups is 2. The highest BCUT2D eigenvalue weighted by atomic mass is 32.1. The van der Waals surface area contributed by atoms with Gasteiger partial charge >= 0.3 is 6.03 Å². The average Bonchev–Trinajstić information content (AvgIpc) is 3.13. The number of nitrogens with zero attached hydrogens (tertiary/aromatic N) is 2. The molecule has 1 aliphatic carbocycles.